The molecule has 1 aromatic rings. The first-order valence-corrected chi connectivity index (χ1v) is 7.54. The predicted octanol–water partition coefficient (Wildman–Crippen LogP) is 2.12. The molecule has 19 heavy (non-hydrogen) atoms. The Morgan fingerprint density at radius 1 is 1.47 bits per heavy atom. The Morgan fingerprint density at radius 3 is 2.68 bits per heavy atom. The van der Waals surface area contributed by atoms with Crippen LogP contribution in [0.15, 0.2) is 15.2 Å². The van der Waals surface area contributed by atoms with Crippen LogP contribution in [0.3, 0.4) is 0 Å². The molecule has 0 bridgehead atoms. The van der Waals surface area contributed by atoms with Gasteiger partial charge in [-0.2, -0.15) is 0 Å². The van der Waals surface area contributed by atoms with Gasteiger partial charge in [-0.25, -0.2) is 0 Å². The SMILES string of the molecule is O=C(NCC1(C(=O)O)CCOCC1)c1csc(Br)c1. The highest BCUT2D eigenvalue weighted by Gasteiger charge is 2.40. The normalized spacial score (nSPS) is 17.9. The highest BCUT2D eigenvalue weighted by atomic mass is 79.9. The zero-order valence-electron chi connectivity index (χ0n) is 10.1. The molecule has 2 N–H and O–H groups in total. The van der Waals surface area contributed by atoms with Gasteiger partial charge in [-0.15, -0.1) is 11.3 Å². The van der Waals surface area contributed by atoms with Gasteiger partial charge in [-0.3, -0.25) is 9.59 Å². The monoisotopic (exact) mass is 347 g/mol. The van der Waals surface area contributed by atoms with Gasteiger partial charge in [0.05, 0.1) is 14.8 Å². The lowest BCUT2D eigenvalue weighted by Gasteiger charge is -2.33. The number of carboxylic acid groups (broad SMARTS) is 1. The van der Waals surface area contributed by atoms with Gasteiger partial charge >= 0.3 is 5.97 Å². The third-order valence-corrected chi connectivity index (χ3v) is 4.83. The van der Waals surface area contributed by atoms with Crippen molar-refractivity contribution in [1.29, 1.82) is 0 Å². The van der Waals surface area contributed by atoms with Crippen molar-refractivity contribution in [2.75, 3.05) is 19.8 Å². The lowest BCUT2D eigenvalue weighted by Crippen LogP contribution is -2.46. The van der Waals surface area contributed by atoms with Gasteiger partial charge in [0.1, 0.15) is 0 Å². The molecule has 1 aromatic heterocycles. The highest BCUT2D eigenvalue weighted by Crippen LogP contribution is 2.30. The van der Waals surface area contributed by atoms with E-state index in [4.69, 9.17) is 4.74 Å². The molecular weight excluding hydrogens is 334 g/mol. The molecule has 2 heterocycles. The van der Waals surface area contributed by atoms with Crippen LogP contribution in [0.25, 0.3) is 0 Å². The second-order valence-electron chi connectivity index (χ2n) is 4.52. The topological polar surface area (TPSA) is 75.6 Å². The molecule has 0 atom stereocenters. The standard InChI is InChI=1S/C12H14BrNO4S/c13-9-5-8(6-19-9)10(15)14-7-12(11(16)17)1-3-18-4-2-12/h5-6H,1-4,7H2,(H,14,15)(H,16,17). The molecule has 1 saturated heterocycles. The summed E-state index contributed by atoms with van der Waals surface area (Å²) in [5.41, 5.74) is -0.356. The van der Waals surface area contributed by atoms with Gasteiger partial charge < -0.3 is 15.2 Å². The van der Waals surface area contributed by atoms with Crippen molar-refractivity contribution in [2.24, 2.45) is 5.41 Å². The number of rotatable bonds is 4. The maximum absolute atomic E-state index is 11.9. The van der Waals surface area contributed by atoms with Gasteiger partial charge in [0.15, 0.2) is 0 Å². The van der Waals surface area contributed by atoms with Crippen LogP contribution in [0.4, 0.5) is 0 Å². The van der Waals surface area contributed by atoms with E-state index in [1.807, 2.05) is 0 Å². The third kappa shape index (κ3) is 3.34. The van der Waals surface area contributed by atoms with Crippen molar-refractivity contribution >= 4 is 39.1 Å². The predicted molar refractivity (Wildman–Crippen MR) is 74.5 cm³/mol. The average Bonchev–Trinajstić information content (AvgIpc) is 2.83. The number of halogens is 1. The van der Waals surface area contributed by atoms with Crippen molar-refractivity contribution in [1.82, 2.24) is 5.32 Å². The number of carbonyl (C=O) groups is 2. The maximum atomic E-state index is 11.9. The molecule has 7 heteroatoms. The lowest BCUT2D eigenvalue weighted by atomic mass is 9.80. The second-order valence-corrected chi connectivity index (χ2v) is 6.81. The number of aliphatic carboxylic acids is 1. The van der Waals surface area contributed by atoms with Crippen molar-refractivity contribution < 1.29 is 19.4 Å². The smallest absolute Gasteiger partial charge is 0.311 e. The van der Waals surface area contributed by atoms with Gasteiger partial charge in [0, 0.05) is 25.1 Å². The third-order valence-electron chi connectivity index (χ3n) is 3.32. The molecule has 0 radical (unpaired) electrons. The van der Waals surface area contributed by atoms with Crippen molar-refractivity contribution in [3.05, 3.63) is 20.8 Å². The molecule has 2 rings (SSSR count). The van der Waals surface area contributed by atoms with E-state index in [1.54, 1.807) is 11.4 Å². The quantitative estimate of drug-likeness (QED) is 0.874. The zero-order chi connectivity index (χ0) is 13.9. The van der Waals surface area contributed by atoms with Crippen LogP contribution < -0.4 is 5.32 Å². The molecule has 5 nitrogen and oxygen atoms in total. The number of hydrogen-bond acceptors (Lipinski definition) is 4. The summed E-state index contributed by atoms with van der Waals surface area (Å²) in [6.07, 6.45) is 0.853. The molecule has 0 aliphatic carbocycles. The van der Waals surface area contributed by atoms with Crippen LogP contribution in [0, 0.1) is 5.41 Å². The molecule has 104 valence electrons. The van der Waals surface area contributed by atoms with E-state index in [0.29, 0.717) is 31.6 Å². The van der Waals surface area contributed by atoms with Crippen molar-refractivity contribution in [3.63, 3.8) is 0 Å². The number of nitrogens with one attached hydrogen (secondary N) is 1. The summed E-state index contributed by atoms with van der Waals surface area (Å²) in [6.45, 7) is 0.982. The van der Waals surface area contributed by atoms with Crippen LogP contribution in [0.1, 0.15) is 23.2 Å². The summed E-state index contributed by atoms with van der Waals surface area (Å²) in [6, 6.07) is 1.72. The summed E-state index contributed by atoms with van der Waals surface area (Å²) in [5.74, 6) is -1.11. The van der Waals surface area contributed by atoms with Gasteiger partial charge in [-0.05, 0) is 34.8 Å². The minimum absolute atomic E-state index is 0.137. The Labute approximate surface area is 123 Å². The van der Waals surface area contributed by atoms with Gasteiger partial charge in [0.25, 0.3) is 5.91 Å². The molecule has 0 spiro atoms. The Bertz CT molecular complexity index is 482. The van der Waals surface area contributed by atoms with E-state index in [9.17, 15) is 14.7 Å². The van der Waals surface area contributed by atoms with E-state index in [0.717, 1.165) is 3.79 Å². The van der Waals surface area contributed by atoms with Crippen molar-refractivity contribution in [2.45, 2.75) is 12.8 Å². The largest absolute Gasteiger partial charge is 0.481 e. The molecule has 1 aliphatic heterocycles. The van der Waals surface area contributed by atoms with Gasteiger partial charge in [0.2, 0.25) is 0 Å². The molecule has 1 amide bonds. The van der Waals surface area contributed by atoms with Crippen LogP contribution in [0.5, 0.6) is 0 Å². The average molecular weight is 348 g/mol. The van der Waals surface area contributed by atoms with Gasteiger partial charge in [-0.1, -0.05) is 0 Å². The van der Waals surface area contributed by atoms with Crippen LogP contribution in [-0.4, -0.2) is 36.7 Å². The maximum Gasteiger partial charge on any atom is 0.311 e. The fourth-order valence-electron chi connectivity index (χ4n) is 2.01. The Balaban J connectivity index is 1.99. The Kier molecular flexibility index (Phi) is 4.59. The first-order chi connectivity index (χ1) is 9.03. The summed E-state index contributed by atoms with van der Waals surface area (Å²) >= 11 is 4.71. The van der Waals surface area contributed by atoms with E-state index >= 15 is 0 Å². The minimum atomic E-state index is -0.902. The number of hydrogen-bond donors (Lipinski definition) is 2. The van der Waals surface area contributed by atoms with Crippen LogP contribution in [-0.2, 0) is 9.53 Å². The van der Waals surface area contributed by atoms with E-state index < -0.39 is 11.4 Å². The molecule has 0 aromatic carbocycles. The highest BCUT2D eigenvalue weighted by molar-refractivity contribution is 9.11. The number of carboxylic acids is 1. The fourth-order valence-corrected chi connectivity index (χ4v) is 3.15. The Morgan fingerprint density at radius 2 is 2.16 bits per heavy atom. The molecule has 1 aliphatic rings. The van der Waals surface area contributed by atoms with E-state index in [1.165, 1.54) is 11.3 Å². The Hall–Kier alpha value is -0.920. The summed E-state index contributed by atoms with van der Waals surface area (Å²) in [5, 5.41) is 13.8. The van der Waals surface area contributed by atoms with E-state index in [2.05, 4.69) is 21.2 Å². The van der Waals surface area contributed by atoms with E-state index in [-0.39, 0.29) is 12.5 Å². The van der Waals surface area contributed by atoms with Crippen molar-refractivity contribution in [3.8, 4) is 0 Å². The van der Waals surface area contributed by atoms with Crippen LogP contribution in [0.2, 0.25) is 0 Å². The second kappa shape index (κ2) is 6.02. The molecule has 0 saturated carbocycles. The molecule has 0 unspecified atom stereocenters. The first kappa shape index (κ1) is 14.5. The number of thiophene rings is 1. The molecular formula is C12H14BrNO4S. The zero-order valence-corrected chi connectivity index (χ0v) is 12.6. The number of amides is 1. The van der Waals surface area contributed by atoms with Crippen LogP contribution >= 0.6 is 27.3 Å². The fraction of sp³-hybridized carbons (Fsp3) is 0.500. The lowest BCUT2D eigenvalue weighted by molar-refractivity contribution is -0.154. The summed E-state index contributed by atoms with van der Waals surface area (Å²) < 4.78 is 6.06. The molecule has 1 fully saturated rings. The number of carbonyl (C=O) groups excluding carboxylic acids is 1. The summed E-state index contributed by atoms with van der Waals surface area (Å²) in [4.78, 5) is 23.3. The first-order valence-electron chi connectivity index (χ1n) is 5.87. The number of ether oxygens (including phenoxy) is 1. The summed E-state index contributed by atoms with van der Waals surface area (Å²) in [7, 11) is 0. The minimum Gasteiger partial charge on any atom is -0.481 e.